The van der Waals surface area contributed by atoms with Crippen molar-refractivity contribution in [3.05, 3.63) is 113 Å². The summed E-state index contributed by atoms with van der Waals surface area (Å²) in [6.07, 6.45) is -10.6. The van der Waals surface area contributed by atoms with E-state index in [1.54, 1.807) is 12.1 Å². The molecule has 4 N–H and O–H groups in total. The normalized spacial score (nSPS) is 12.3. The number of benzene rings is 1. The van der Waals surface area contributed by atoms with E-state index in [4.69, 9.17) is 5.73 Å². The molecule has 4 aromatic rings. The fourth-order valence-electron chi connectivity index (χ4n) is 3.71. The van der Waals surface area contributed by atoms with Gasteiger partial charge in [0.25, 0.3) is 0 Å². The van der Waals surface area contributed by atoms with E-state index in [1.165, 1.54) is 6.07 Å². The second-order valence-electron chi connectivity index (χ2n) is 8.47. The Hall–Kier alpha value is -2.95. The summed E-state index contributed by atoms with van der Waals surface area (Å²) >= 11 is 0. The molecule has 0 unspecified atom stereocenters. The largest absolute Gasteiger partial charge is 0.748 e. The SMILES string of the molecule is NCCNC[c-]1cccc1C[C@H](O)c1cc(-c2ccc(C(F)(F)F)cc2)nc(C(F)(F)F)c1.[Fe].[cH-]1[cH-][cH-][cH-][cH-]1. The van der Waals surface area contributed by atoms with Crippen molar-refractivity contribution >= 4 is 0 Å². The molecule has 3 aromatic carbocycles. The number of rotatable bonds is 8. The molecule has 0 amide bonds. The maximum Gasteiger partial charge on any atom is 0.433 e. The summed E-state index contributed by atoms with van der Waals surface area (Å²) in [6, 6.07) is 21.1. The Morgan fingerprint density at radius 1 is 0.923 bits per heavy atom. The van der Waals surface area contributed by atoms with Crippen molar-refractivity contribution in [1.82, 2.24) is 10.3 Å². The van der Waals surface area contributed by atoms with Crippen LogP contribution in [0.15, 0.2) is 84.9 Å². The van der Waals surface area contributed by atoms with Gasteiger partial charge in [0.15, 0.2) is 0 Å². The molecule has 1 atom stereocenters. The van der Waals surface area contributed by atoms with Gasteiger partial charge in [0.1, 0.15) is 5.69 Å². The van der Waals surface area contributed by atoms with Gasteiger partial charge in [-0.05, 0) is 42.8 Å². The quantitative estimate of drug-likeness (QED) is 0.0984. The monoisotopic (exact) mass is 591 g/mol. The zero-order chi connectivity index (χ0) is 27.8. The molecule has 4 rings (SSSR count). The maximum atomic E-state index is 13.5. The van der Waals surface area contributed by atoms with Crippen LogP contribution >= 0.6 is 0 Å². The van der Waals surface area contributed by atoms with Crippen molar-refractivity contribution in [2.75, 3.05) is 13.1 Å². The maximum absolute atomic E-state index is 13.5. The van der Waals surface area contributed by atoms with Gasteiger partial charge in [-0.15, -0.1) is 5.56 Å². The van der Waals surface area contributed by atoms with Gasteiger partial charge in [-0.1, -0.05) is 12.1 Å². The molecule has 0 aliphatic heterocycles. The molecule has 0 bridgehead atoms. The minimum Gasteiger partial charge on any atom is -0.748 e. The Kier molecular flexibility index (Phi) is 11.9. The van der Waals surface area contributed by atoms with E-state index in [0.29, 0.717) is 19.6 Å². The van der Waals surface area contributed by atoms with Crippen LogP contribution in [0.2, 0.25) is 0 Å². The summed E-state index contributed by atoms with van der Waals surface area (Å²) in [5.41, 5.74) is 4.79. The van der Waals surface area contributed by atoms with Crippen molar-refractivity contribution in [3.63, 3.8) is 0 Å². The molecule has 0 spiro atoms. The number of halogens is 6. The molecule has 1 aromatic heterocycles. The number of alkyl halides is 6. The predicted octanol–water partition coefficient (Wildman–Crippen LogP) is 6.23. The van der Waals surface area contributed by atoms with E-state index in [2.05, 4.69) is 10.3 Å². The first-order valence-corrected chi connectivity index (χ1v) is 11.7. The summed E-state index contributed by atoms with van der Waals surface area (Å²) in [5, 5.41) is 13.8. The van der Waals surface area contributed by atoms with Gasteiger partial charge in [-0.25, -0.2) is 17.1 Å². The molecule has 4 nitrogen and oxygen atoms in total. The summed E-state index contributed by atoms with van der Waals surface area (Å²) in [6.45, 7) is 1.53. The number of hydrogen-bond acceptors (Lipinski definition) is 4. The van der Waals surface area contributed by atoms with E-state index >= 15 is 0 Å². The molecule has 39 heavy (non-hydrogen) atoms. The molecule has 0 radical (unpaired) electrons. The van der Waals surface area contributed by atoms with Gasteiger partial charge in [-0.3, -0.25) is 0 Å². The minimum absolute atomic E-state index is 0. The van der Waals surface area contributed by atoms with Crippen LogP contribution in [0.3, 0.4) is 0 Å². The Morgan fingerprint density at radius 3 is 2.08 bits per heavy atom. The van der Waals surface area contributed by atoms with Crippen molar-refractivity contribution in [1.29, 1.82) is 0 Å². The minimum atomic E-state index is -4.80. The van der Waals surface area contributed by atoms with Crippen LogP contribution in [0.1, 0.15) is 34.1 Å². The van der Waals surface area contributed by atoms with E-state index in [0.717, 1.165) is 41.5 Å². The molecule has 11 heteroatoms. The third-order valence-corrected chi connectivity index (χ3v) is 5.64. The van der Waals surface area contributed by atoms with E-state index in [-0.39, 0.29) is 40.3 Å². The van der Waals surface area contributed by atoms with Gasteiger partial charge in [-0.2, -0.15) is 38.0 Å². The van der Waals surface area contributed by atoms with Crippen LogP contribution in [0, 0.1) is 0 Å². The number of nitrogens with zero attached hydrogens (tertiary/aromatic N) is 1. The first-order valence-electron chi connectivity index (χ1n) is 11.7. The number of aliphatic hydroxyl groups excluding tert-OH is 1. The Morgan fingerprint density at radius 2 is 1.54 bits per heavy atom. The summed E-state index contributed by atoms with van der Waals surface area (Å²) in [7, 11) is 0. The molecular formula is C28H27F6FeN3O-6. The first-order chi connectivity index (χ1) is 18.0. The smallest absolute Gasteiger partial charge is 0.433 e. The third-order valence-electron chi connectivity index (χ3n) is 5.64. The van der Waals surface area contributed by atoms with Gasteiger partial charge in [0.2, 0.25) is 0 Å². The molecular weight excluding hydrogens is 564 g/mol. The number of nitrogens with one attached hydrogen (secondary N) is 1. The fraction of sp³-hybridized carbons (Fsp3) is 0.250. The van der Waals surface area contributed by atoms with Crippen LogP contribution < -0.4 is 11.1 Å². The Labute approximate surface area is 233 Å². The molecule has 0 aliphatic rings. The van der Waals surface area contributed by atoms with E-state index in [9.17, 15) is 31.4 Å². The van der Waals surface area contributed by atoms with Crippen molar-refractivity contribution in [3.8, 4) is 11.3 Å². The van der Waals surface area contributed by atoms with E-state index in [1.807, 2.05) is 36.4 Å². The zero-order valence-electron chi connectivity index (χ0n) is 20.6. The van der Waals surface area contributed by atoms with Crippen LogP contribution in [-0.2, 0) is 42.4 Å². The van der Waals surface area contributed by atoms with Crippen LogP contribution in [0.25, 0.3) is 11.3 Å². The van der Waals surface area contributed by atoms with Gasteiger partial charge < -0.3 is 46.5 Å². The fourth-order valence-corrected chi connectivity index (χ4v) is 3.71. The van der Waals surface area contributed by atoms with Crippen molar-refractivity contribution in [2.24, 2.45) is 5.73 Å². The number of hydrogen-bond donors (Lipinski definition) is 3. The summed E-state index contributed by atoms with van der Waals surface area (Å²) in [5.74, 6) is 0. The Balaban J connectivity index is 0.000000797. The summed E-state index contributed by atoms with van der Waals surface area (Å²) < 4.78 is 78.8. The van der Waals surface area contributed by atoms with Gasteiger partial charge in [0, 0.05) is 35.7 Å². The average Bonchev–Trinajstić information content (AvgIpc) is 3.59. The molecule has 216 valence electrons. The van der Waals surface area contributed by atoms with Crippen molar-refractivity contribution in [2.45, 2.75) is 31.4 Å². The second-order valence-corrected chi connectivity index (χ2v) is 8.47. The molecule has 1 heterocycles. The number of nitrogens with two attached hydrogens (primary N) is 1. The van der Waals surface area contributed by atoms with Crippen LogP contribution in [-0.4, -0.2) is 23.2 Å². The Bertz CT molecular complexity index is 1230. The second kappa shape index (κ2) is 14.4. The first kappa shape index (κ1) is 32.3. The molecule has 0 aliphatic carbocycles. The topological polar surface area (TPSA) is 71.2 Å². The van der Waals surface area contributed by atoms with Crippen molar-refractivity contribution < 1.29 is 48.5 Å². The van der Waals surface area contributed by atoms with Crippen LogP contribution in [0.4, 0.5) is 26.3 Å². The van der Waals surface area contributed by atoms with Gasteiger partial charge in [0.05, 0.1) is 17.4 Å². The average molecular weight is 591 g/mol. The van der Waals surface area contributed by atoms with E-state index < -0.39 is 29.7 Å². The predicted molar refractivity (Wildman–Crippen MR) is 133 cm³/mol. The number of aromatic nitrogens is 1. The molecule has 0 saturated heterocycles. The molecule has 0 fully saturated rings. The van der Waals surface area contributed by atoms with Gasteiger partial charge >= 0.3 is 12.4 Å². The number of aliphatic hydroxyl groups is 1. The third kappa shape index (κ3) is 9.63. The standard InChI is InChI=1S/C23H22F6N3O.C5H5.Fe/c24-22(25,26)18-6-4-14(5-7-18)19-10-17(12-21(32-19)23(27,28)29)20(33)11-15-2-1-3-16(15)13-31-9-8-30;1-2-4-5-3-1;/h1-7,10,12,20,31,33H,8-9,11,13,30H2;1-5H;/q-1;-5;/t20-;;/m0../s1. The zero-order valence-corrected chi connectivity index (χ0v) is 21.7. The number of pyridine rings is 1. The molecule has 0 saturated carbocycles. The summed E-state index contributed by atoms with van der Waals surface area (Å²) in [4.78, 5) is 3.57. The van der Waals surface area contributed by atoms with Crippen LogP contribution in [0.5, 0.6) is 0 Å².